The van der Waals surface area contributed by atoms with Crippen LogP contribution < -0.4 is 4.90 Å². The summed E-state index contributed by atoms with van der Waals surface area (Å²) in [4.78, 5) is 31.6. The summed E-state index contributed by atoms with van der Waals surface area (Å²) in [7, 11) is 0. The average molecular weight is 388 g/mol. The second-order valence-corrected chi connectivity index (χ2v) is 8.38. The van der Waals surface area contributed by atoms with Gasteiger partial charge in [-0.3, -0.25) is 14.6 Å². The van der Waals surface area contributed by atoms with E-state index >= 15 is 0 Å². The molecule has 0 bridgehead atoms. The molecule has 6 heteroatoms. The Morgan fingerprint density at radius 1 is 0.893 bits per heavy atom. The van der Waals surface area contributed by atoms with Gasteiger partial charge in [0.2, 0.25) is 5.91 Å². The molecular formula is C22H33N3O3. The Morgan fingerprint density at radius 3 is 2.07 bits per heavy atom. The van der Waals surface area contributed by atoms with Crippen molar-refractivity contribution in [3.05, 3.63) is 24.5 Å². The van der Waals surface area contributed by atoms with Gasteiger partial charge in [0.05, 0.1) is 0 Å². The van der Waals surface area contributed by atoms with Crippen molar-refractivity contribution in [1.29, 1.82) is 0 Å². The third-order valence-corrected chi connectivity index (χ3v) is 6.56. The molecule has 1 amide bonds. The molecule has 3 heterocycles. The Morgan fingerprint density at radius 2 is 1.46 bits per heavy atom. The van der Waals surface area contributed by atoms with Gasteiger partial charge < -0.3 is 14.9 Å². The van der Waals surface area contributed by atoms with Crippen LogP contribution in [0.15, 0.2) is 24.5 Å². The molecule has 1 spiro atoms. The lowest BCUT2D eigenvalue weighted by Crippen LogP contribution is -2.48. The largest absolute Gasteiger partial charge is 0.481 e. The first-order chi connectivity index (χ1) is 13.6. The molecule has 6 nitrogen and oxygen atoms in total. The van der Waals surface area contributed by atoms with E-state index in [1.165, 1.54) is 18.5 Å². The zero-order chi connectivity index (χ0) is 19.8. The van der Waals surface area contributed by atoms with Crippen LogP contribution >= 0.6 is 0 Å². The Balaban J connectivity index is 1.34. The van der Waals surface area contributed by atoms with E-state index in [2.05, 4.69) is 26.9 Å². The molecule has 0 saturated carbocycles. The maximum atomic E-state index is 12.5. The van der Waals surface area contributed by atoms with E-state index in [4.69, 9.17) is 5.11 Å². The number of carbonyl (C=O) groups is 2. The van der Waals surface area contributed by atoms with E-state index in [9.17, 15) is 9.59 Å². The van der Waals surface area contributed by atoms with Crippen molar-refractivity contribution in [1.82, 2.24) is 9.88 Å². The molecular weight excluding hydrogens is 354 g/mol. The molecule has 154 valence electrons. The number of aliphatic carboxylic acids is 1. The zero-order valence-corrected chi connectivity index (χ0v) is 16.8. The highest BCUT2D eigenvalue weighted by atomic mass is 16.4. The lowest BCUT2D eigenvalue weighted by atomic mass is 9.71. The van der Waals surface area contributed by atoms with Crippen LogP contribution in [0.4, 0.5) is 5.69 Å². The van der Waals surface area contributed by atoms with E-state index in [0.29, 0.717) is 18.3 Å². The quantitative estimate of drug-likeness (QED) is 0.688. The fourth-order valence-corrected chi connectivity index (χ4v) is 4.59. The normalized spacial score (nSPS) is 19.0. The van der Waals surface area contributed by atoms with E-state index in [1.807, 2.05) is 12.4 Å². The van der Waals surface area contributed by atoms with Gasteiger partial charge in [0, 0.05) is 57.1 Å². The van der Waals surface area contributed by atoms with Crippen LogP contribution in [-0.4, -0.2) is 53.0 Å². The van der Waals surface area contributed by atoms with E-state index in [-0.39, 0.29) is 12.3 Å². The highest BCUT2D eigenvalue weighted by Gasteiger charge is 2.38. The summed E-state index contributed by atoms with van der Waals surface area (Å²) in [6.45, 7) is 3.98. The van der Waals surface area contributed by atoms with Gasteiger partial charge >= 0.3 is 5.97 Å². The molecule has 2 aliphatic heterocycles. The standard InChI is InChI=1S/C22H33N3O3/c26-20(5-3-1-2-4-6-21(27)28)25-17-11-22(12-18-25)9-15-24(16-10-22)19-7-13-23-14-8-19/h7-8,13-14H,1-6,9-12,15-18H2,(H,27,28). The van der Waals surface area contributed by atoms with Crippen LogP contribution in [0, 0.1) is 5.41 Å². The van der Waals surface area contributed by atoms with Crippen molar-refractivity contribution >= 4 is 17.6 Å². The summed E-state index contributed by atoms with van der Waals surface area (Å²) in [6, 6.07) is 4.17. The number of nitrogens with zero attached hydrogens (tertiary/aromatic N) is 3. The number of carboxylic acid groups (broad SMARTS) is 1. The Labute approximate surface area is 167 Å². The van der Waals surface area contributed by atoms with E-state index in [1.54, 1.807) is 0 Å². The number of carboxylic acids is 1. The molecule has 1 aromatic heterocycles. The number of piperidine rings is 2. The zero-order valence-electron chi connectivity index (χ0n) is 16.8. The maximum absolute atomic E-state index is 12.5. The topological polar surface area (TPSA) is 73.7 Å². The summed E-state index contributed by atoms with van der Waals surface area (Å²) >= 11 is 0. The predicted molar refractivity (Wildman–Crippen MR) is 109 cm³/mol. The molecule has 2 saturated heterocycles. The Bertz CT molecular complexity index is 632. The minimum atomic E-state index is -0.732. The Hall–Kier alpha value is -2.11. The van der Waals surface area contributed by atoms with Gasteiger partial charge in [0.15, 0.2) is 0 Å². The summed E-state index contributed by atoms with van der Waals surface area (Å²) in [5, 5.41) is 8.64. The summed E-state index contributed by atoms with van der Waals surface area (Å²) in [5.41, 5.74) is 1.68. The van der Waals surface area contributed by atoms with Gasteiger partial charge in [0.1, 0.15) is 0 Å². The summed E-state index contributed by atoms with van der Waals surface area (Å²) in [5.74, 6) is -0.452. The number of carbonyl (C=O) groups excluding carboxylic acids is 1. The number of unbranched alkanes of at least 4 members (excludes halogenated alkanes) is 3. The molecule has 0 aliphatic carbocycles. The minimum Gasteiger partial charge on any atom is -0.481 e. The molecule has 2 fully saturated rings. The summed E-state index contributed by atoms with van der Waals surface area (Å²) < 4.78 is 0. The van der Waals surface area contributed by atoms with Crippen molar-refractivity contribution in [2.24, 2.45) is 5.41 Å². The molecule has 2 aliphatic rings. The first-order valence-electron chi connectivity index (χ1n) is 10.7. The second kappa shape index (κ2) is 9.89. The Kier molecular flexibility index (Phi) is 7.29. The molecule has 28 heavy (non-hydrogen) atoms. The first kappa shape index (κ1) is 20.6. The monoisotopic (exact) mass is 387 g/mol. The number of hydrogen-bond donors (Lipinski definition) is 1. The molecule has 1 N–H and O–H groups in total. The number of likely N-dealkylation sites (tertiary alicyclic amines) is 1. The van der Waals surface area contributed by atoms with Gasteiger partial charge in [-0.25, -0.2) is 0 Å². The second-order valence-electron chi connectivity index (χ2n) is 8.38. The molecule has 3 rings (SSSR count). The fraction of sp³-hybridized carbons (Fsp3) is 0.682. The average Bonchev–Trinajstić information content (AvgIpc) is 2.72. The lowest BCUT2D eigenvalue weighted by Gasteiger charge is -2.47. The number of hydrogen-bond acceptors (Lipinski definition) is 4. The molecule has 1 aromatic rings. The third kappa shape index (κ3) is 5.69. The number of rotatable bonds is 8. The molecule has 0 radical (unpaired) electrons. The lowest BCUT2D eigenvalue weighted by molar-refractivity contribution is -0.137. The summed E-state index contributed by atoms with van der Waals surface area (Å²) in [6.07, 6.45) is 12.7. The van der Waals surface area contributed by atoms with Gasteiger partial charge in [-0.15, -0.1) is 0 Å². The number of pyridine rings is 1. The van der Waals surface area contributed by atoms with E-state index < -0.39 is 5.97 Å². The van der Waals surface area contributed by atoms with Crippen LogP contribution in [0.3, 0.4) is 0 Å². The van der Waals surface area contributed by atoms with Gasteiger partial charge in [-0.2, -0.15) is 0 Å². The molecule has 0 unspecified atom stereocenters. The van der Waals surface area contributed by atoms with Gasteiger partial charge in [-0.05, 0) is 56.1 Å². The molecule has 0 atom stereocenters. The molecule has 0 aromatic carbocycles. The fourth-order valence-electron chi connectivity index (χ4n) is 4.59. The van der Waals surface area contributed by atoms with Crippen LogP contribution in [0.5, 0.6) is 0 Å². The highest BCUT2D eigenvalue weighted by molar-refractivity contribution is 5.76. The minimum absolute atomic E-state index is 0.237. The van der Waals surface area contributed by atoms with Crippen molar-refractivity contribution in [3.8, 4) is 0 Å². The van der Waals surface area contributed by atoms with Crippen molar-refractivity contribution in [3.63, 3.8) is 0 Å². The number of aromatic nitrogens is 1. The van der Waals surface area contributed by atoms with Crippen LogP contribution in [-0.2, 0) is 9.59 Å². The highest BCUT2D eigenvalue weighted by Crippen LogP contribution is 2.42. The van der Waals surface area contributed by atoms with Crippen LogP contribution in [0.1, 0.15) is 64.2 Å². The number of anilines is 1. The van der Waals surface area contributed by atoms with Crippen LogP contribution in [0.2, 0.25) is 0 Å². The van der Waals surface area contributed by atoms with Crippen molar-refractivity contribution in [2.45, 2.75) is 64.2 Å². The van der Waals surface area contributed by atoms with Crippen molar-refractivity contribution in [2.75, 3.05) is 31.1 Å². The van der Waals surface area contributed by atoms with Gasteiger partial charge in [0.25, 0.3) is 0 Å². The van der Waals surface area contributed by atoms with E-state index in [0.717, 1.165) is 58.3 Å². The SMILES string of the molecule is O=C(O)CCCCCCC(=O)N1CCC2(CC1)CCN(c1ccncc1)CC2. The maximum Gasteiger partial charge on any atom is 0.303 e. The van der Waals surface area contributed by atoms with Crippen molar-refractivity contribution < 1.29 is 14.7 Å². The number of amides is 1. The third-order valence-electron chi connectivity index (χ3n) is 6.56. The first-order valence-corrected chi connectivity index (χ1v) is 10.7. The van der Waals surface area contributed by atoms with Crippen LogP contribution in [0.25, 0.3) is 0 Å². The smallest absolute Gasteiger partial charge is 0.303 e. The van der Waals surface area contributed by atoms with Gasteiger partial charge in [-0.1, -0.05) is 12.8 Å². The predicted octanol–water partition coefficient (Wildman–Crippen LogP) is 3.72.